The second-order valence-corrected chi connectivity index (χ2v) is 4.28. The third-order valence-corrected chi connectivity index (χ3v) is 2.62. The Kier molecular flexibility index (Phi) is 4.23. The molecule has 4 nitrogen and oxygen atoms in total. The van der Waals surface area contributed by atoms with Gasteiger partial charge in [-0.1, -0.05) is 6.92 Å². The monoisotopic (exact) mass is 256 g/mol. The van der Waals surface area contributed by atoms with Crippen LogP contribution in [0.5, 0.6) is 5.75 Å². The summed E-state index contributed by atoms with van der Waals surface area (Å²) in [6.45, 7) is 4.53. The normalized spacial score (nSPS) is 10.2. The summed E-state index contributed by atoms with van der Waals surface area (Å²) in [5.74, 6) is 0.523. The van der Waals surface area contributed by atoms with Gasteiger partial charge < -0.3 is 4.74 Å². The third kappa shape index (κ3) is 3.37. The van der Waals surface area contributed by atoms with Crippen LogP contribution in [-0.2, 0) is 0 Å². The van der Waals surface area contributed by atoms with Gasteiger partial charge in [0.15, 0.2) is 5.78 Å². The maximum absolute atomic E-state index is 12.2. The molecule has 0 radical (unpaired) electrons. The van der Waals surface area contributed by atoms with Crippen LogP contribution < -0.4 is 4.74 Å². The summed E-state index contributed by atoms with van der Waals surface area (Å²) < 4.78 is 5.47. The molecular formula is C15H16N2O2. The van der Waals surface area contributed by atoms with E-state index in [4.69, 9.17) is 4.74 Å². The number of carbonyl (C=O) groups excluding carboxylic acids is 1. The molecule has 19 heavy (non-hydrogen) atoms. The number of ketones is 1. The van der Waals surface area contributed by atoms with Crippen molar-refractivity contribution in [2.75, 3.05) is 6.61 Å². The molecule has 0 N–H and O–H groups in total. The second-order valence-electron chi connectivity index (χ2n) is 4.28. The van der Waals surface area contributed by atoms with Crippen molar-refractivity contribution in [1.29, 1.82) is 0 Å². The van der Waals surface area contributed by atoms with Crippen LogP contribution in [0, 0.1) is 6.92 Å². The molecule has 0 aliphatic carbocycles. The first-order valence-electron chi connectivity index (χ1n) is 6.26. The fourth-order valence-corrected chi connectivity index (χ4v) is 1.61. The van der Waals surface area contributed by atoms with Crippen molar-refractivity contribution in [1.82, 2.24) is 9.97 Å². The van der Waals surface area contributed by atoms with Gasteiger partial charge in [-0.05, 0) is 31.5 Å². The fraction of sp³-hybridized carbons (Fsp3) is 0.267. The molecule has 0 saturated heterocycles. The lowest BCUT2D eigenvalue weighted by atomic mass is 10.1. The average molecular weight is 256 g/mol. The zero-order chi connectivity index (χ0) is 13.7. The van der Waals surface area contributed by atoms with Gasteiger partial charge in [-0.15, -0.1) is 0 Å². The molecule has 98 valence electrons. The highest BCUT2D eigenvalue weighted by Gasteiger charge is 2.10. The predicted octanol–water partition coefficient (Wildman–Crippen LogP) is 2.80. The molecule has 4 heteroatoms. The number of hydrogen-bond donors (Lipinski definition) is 0. The van der Waals surface area contributed by atoms with Gasteiger partial charge in [0.05, 0.1) is 12.8 Å². The van der Waals surface area contributed by atoms with Crippen molar-refractivity contribution in [3.8, 4) is 5.75 Å². The van der Waals surface area contributed by atoms with Crippen molar-refractivity contribution in [2.45, 2.75) is 20.3 Å². The molecule has 0 unspecified atom stereocenters. The van der Waals surface area contributed by atoms with E-state index >= 15 is 0 Å². The maximum Gasteiger partial charge on any atom is 0.196 e. The number of rotatable bonds is 5. The van der Waals surface area contributed by atoms with Crippen LogP contribution in [0.2, 0.25) is 0 Å². The van der Waals surface area contributed by atoms with E-state index in [-0.39, 0.29) is 5.78 Å². The van der Waals surface area contributed by atoms with Gasteiger partial charge in [-0.2, -0.15) is 0 Å². The molecule has 0 fully saturated rings. The Morgan fingerprint density at radius 2 is 2.05 bits per heavy atom. The quantitative estimate of drug-likeness (QED) is 0.772. The topological polar surface area (TPSA) is 52.1 Å². The zero-order valence-electron chi connectivity index (χ0n) is 11.1. The smallest absolute Gasteiger partial charge is 0.196 e. The Morgan fingerprint density at radius 3 is 2.74 bits per heavy atom. The largest absolute Gasteiger partial charge is 0.492 e. The number of aryl methyl sites for hydroxylation is 1. The number of ether oxygens (including phenoxy) is 1. The van der Waals surface area contributed by atoms with Gasteiger partial charge in [0.2, 0.25) is 0 Å². The molecule has 0 aliphatic rings. The summed E-state index contributed by atoms with van der Waals surface area (Å²) in [7, 11) is 0. The van der Waals surface area contributed by atoms with Gasteiger partial charge in [0, 0.05) is 29.2 Å². The number of carbonyl (C=O) groups is 1. The molecule has 2 aromatic rings. The first-order valence-corrected chi connectivity index (χ1v) is 6.26. The number of nitrogens with zero attached hydrogens (tertiary/aromatic N) is 2. The van der Waals surface area contributed by atoms with E-state index in [1.807, 2.05) is 19.9 Å². The summed E-state index contributed by atoms with van der Waals surface area (Å²) in [6.07, 6.45) is 5.65. The highest BCUT2D eigenvalue weighted by atomic mass is 16.5. The highest BCUT2D eigenvalue weighted by molar-refractivity contribution is 6.08. The molecule has 2 aromatic heterocycles. The van der Waals surface area contributed by atoms with E-state index < -0.39 is 0 Å². The molecule has 2 rings (SSSR count). The minimum Gasteiger partial charge on any atom is -0.492 e. The van der Waals surface area contributed by atoms with Crippen LogP contribution in [0.3, 0.4) is 0 Å². The molecule has 0 spiro atoms. The van der Waals surface area contributed by atoms with Crippen LogP contribution in [0.4, 0.5) is 0 Å². The Hall–Kier alpha value is -2.23. The van der Waals surface area contributed by atoms with E-state index in [9.17, 15) is 4.79 Å². The van der Waals surface area contributed by atoms with Gasteiger partial charge in [-0.25, -0.2) is 0 Å². The minimum atomic E-state index is -0.0954. The van der Waals surface area contributed by atoms with E-state index in [1.165, 1.54) is 0 Å². The Balaban J connectivity index is 2.21. The standard InChI is InChI=1S/C15H16N2O2/c1-3-6-19-14-7-13(8-16-10-14)15(18)12-5-4-11(2)17-9-12/h4-5,7-10H,3,6H2,1-2H3. The minimum absolute atomic E-state index is 0.0954. The van der Waals surface area contributed by atoms with Crippen molar-refractivity contribution in [2.24, 2.45) is 0 Å². The summed E-state index contributed by atoms with van der Waals surface area (Å²) in [5, 5.41) is 0. The van der Waals surface area contributed by atoms with Crippen LogP contribution in [0.1, 0.15) is 35.0 Å². The second kappa shape index (κ2) is 6.09. The molecule has 0 amide bonds. The summed E-state index contributed by atoms with van der Waals surface area (Å²) in [6, 6.07) is 5.30. The summed E-state index contributed by atoms with van der Waals surface area (Å²) >= 11 is 0. The van der Waals surface area contributed by atoms with Crippen LogP contribution >= 0.6 is 0 Å². The van der Waals surface area contributed by atoms with Crippen molar-refractivity contribution in [3.63, 3.8) is 0 Å². The molecule has 2 heterocycles. The predicted molar refractivity (Wildman–Crippen MR) is 72.4 cm³/mol. The number of pyridine rings is 2. The Bertz CT molecular complexity index is 565. The molecular weight excluding hydrogens is 240 g/mol. The fourth-order valence-electron chi connectivity index (χ4n) is 1.61. The number of aromatic nitrogens is 2. The molecule has 0 atom stereocenters. The van der Waals surface area contributed by atoms with E-state index in [1.54, 1.807) is 30.7 Å². The lowest BCUT2D eigenvalue weighted by Crippen LogP contribution is -2.04. The zero-order valence-corrected chi connectivity index (χ0v) is 11.1. The van der Waals surface area contributed by atoms with Gasteiger partial charge in [0.25, 0.3) is 0 Å². The van der Waals surface area contributed by atoms with E-state index in [0.717, 1.165) is 12.1 Å². The van der Waals surface area contributed by atoms with Gasteiger partial charge >= 0.3 is 0 Å². The molecule has 0 saturated carbocycles. The van der Waals surface area contributed by atoms with E-state index in [0.29, 0.717) is 23.5 Å². The number of hydrogen-bond acceptors (Lipinski definition) is 4. The molecule has 0 aromatic carbocycles. The van der Waals surface area contributed by atoms with Crippen molar-refractivity contribution in [3.05, 3.63) is 53.6 Å². The Labute approximate surface area is 112 Å². The molecule has 0 bridgehead atoms. The van der Waals surface area contributed by atoms with Crippen LogP contribution in [0.25, 0.3) is 0 Å². The maximum atomic E-state index is 12.2. The SMILES string of the molecule is CCCOc1cncc(C(=O)c2ccc(C)nc2)c1. The summed E-state index contributed by atoms with van der Waals surface area (Å²) in [4.78, 5) is 20.4. The van der Waals surface area contributed by atoms with Gasteiger partial charge in [0.1, 0.15) is 5.75 Å². The highest BCUT2D eigenvalue weighted by Crippen LogP contribution is 2.15. The van der Waals surface area contributed by atoms with Crippen molar-refractivity contribution < 1.29 is 9.53 Å². The average Bonchev–Trinajstić information content (AvgIpc) is 2.45. The van der Waals surface area contributed by atoms with Crippen LogP contribution in [0.15, 0.2) is 36.8 Å². The lowest BCUT2D eigenvalue weighted by molar-refractivity contribution is 0.103. The lowest BCUT2D eigenvalue weighted by Gasteiger charge is -2.06. The van der Waals surface area contributed by atoms with Gasteiger partial charge in [-0.3, -0.25) is 14.8 Å². The summed E-state index contributed by atoms with van der Waals surface area (Å²) in [5.41, 5.74) is 1.95. The molecule has 0 aliphatic heterocycles. The first-order chi connectivity index (χ1) is 9.20. The van der Waals surface area contributed by atoms with E-state index in [2.05, 4.69) is 9.97 Å². The third-order valence-electron chi connectivity index (χ3n) is 2.62. The Morgan fingerprint density at radius 1 is 1.21 bits per heavy atom. The van der Waals surface area contributed by atoms with Crippen molar-refractivity contribution >= 4 is 5.78 Å². The van der Waals surface area contributed by atoms with Crippen LogP contribution in [-0.4, -0.2) is 22.4 Å². The first kappa shape index (κ1) is 13.2.